The fraction of sp³-hybridized carbons (Fsp3) is 0.840. The Morgan fingerprint density at radius 2 is 2.00 bits per heavy atom. The van der Waals surface area contributed by atoms with E-state index >= 15 is 0 Å². The molecule has 0 bridgehead atoms. The highest BCUT2D eigenvalue weighted by molar-refractivity contribution is 5.26. The molecule has 0 aromatic heterocycles. The highest BCUT2D eigenvalue weighted by atomic mass is 16.3. The van der Waals surface area contributed by atoms with E-state index in [9.17, 15) is 5.11 Å². The van der Waals surface area contributed by atoms with Gasteiger partial charge >= 0.3 is 0 Å². The van der Waals surface area contributed by atoms with Gasteiger partial charge < -0.3 is 5.11 Å². The van der Waals surface area contributed by atoms with Crippen molar-refractivity contribution < 1.29 is 5.11 Å². The minimum absolute atomic E-state index is 0.125. The zero-order valence-corrected chi connectivity index (χ0v) is 17.8. The maximum Gasteiger partial charge on any atom is 0.0603 e. The summed E-state index contributed by atoms with van der Waals surface area (Å²) in [5, 5.41) is 10.2. The van der Waals surface area contributed by atoms with Crippen LogP contribution in [0.1, 0.15) is 98.3 Å². The van der Waals surface area contributed by atoms with Crippen LogP contribution in [-0.2, 0) is 0 Å². The van der Waals surface area contributed by atoms with E-state index < -0.39 is 0 Å². The molecule has 26 heavy (non-hydrogen) atoms. The van der Waals surface area contributed by atoms with Gasteiger partial charge in [0.2, 0.25) is 0 Å². The van der Waals surface area contributed by atoms with Crippen molar-refractivity contribution in [3.8, 4) is 0 Å². The third-order valence-electron chi connectivity index (χ3n) is 8.32. The normalized spacial score (nSPS) is 42.2. The molecule has 0 aromatic rings. The van der Waals surface area contributed by atoms with E-state index in [1.165, 1.54) is 63.4 Å². The second-order valence-electron chi connectivity index (χ2n) is 10.1. The molecule has 1 nitrogen and oxygen atoms in total. The summed E-state index contributed by atoms with van der Waals surface area (Å²) < 4.78 is 0. The van der Waals surface area contributed by atoms with Crippen molar-refractivity contribution >= 4 is 0 Å². The van der Waals surface area contributed by atoms with E-state index in [4.69, 9.17) is 0 Å². The maximum absolute atomic E-state index is 10.2. The molecule has 3 saturated carbocycles. The van der Waals surface area contributed by atoms with Crippen LogP contribution in [0.25, 0.3) is 0 Å². The Labute approximate surface area is 162 Å². The van der Waals surface area contributed by atoms with Crippen LogP contribution in [0, 0.1) is 29.1 Å². The molecule has 3 fully saturated rings. The van der Waals surface area contributed by atoms with Gasteiger partial charge in [-0.25, -0.2) is 0 Å². The Balaban J connectivity index is 1.71. The standard InChI is InChI=1S/C25H42O/c1-5-6-8-18(2)22-14-15-23-21(9-7-16-25(22,23)4)13-12-20-11-10-19(3)24(26)17-20/h12-13,18-19,22-24,26H,5-11,14-17H2,1-4H3/b20-12-,21-13+/t18-,19-,22?,23?,24+,25+/m0/s1. The predicted octanol–water partition coefficient (Wildman–Crippen LogP) is 7.06. The number of aliphatic hydroxyl groups excluding tert-OH is 1. The van der Waals surface area contributed by atoms with Crippen LogP contribution < -0.4 is 0 Å². The minimum atomic E-state index is -0.125. The zero-order valence-electron chi connectivity index (χ0n) is 17.8. The first kappa shape index (κ1) is 20.2. The van der Waals surface area contributed by atoms with E-state index in [2.05, 4.69) is 39.8 Å². The first-order valence-electron chi connectivity index (χ1n) is 11.5. The predicted molar refractivity (Wildman–Crippen MR) is 112 cm³/mol. The molecule has 0 spiro atoms. The van der Waals surface area contributed by atoms with Gasteiger partial charge in [-0.1, -0.05) is 70.3 Å². The Bertz CT molecular complexity index is 530. The van der Waals surface area contributed by atoms with Crippen molar-refractivity contribution in [2.45, 2.75) is 104 Å². The quantitative estimate of drug-likeness (QED) is 0.557. The smallest absolute Gasteiger partial charge is 0.0603 e. The zero-order chi connectivity index (χ0) is 18.7. The van der Waals surface area contributed by atoms with Crippen molar-refractivity contribution in [2.75, 3.05) is 0 Å². The third kappa shape index (κ3) is 4.13. The topological polar surface area (TPSA) is 20.2 Å². The van der Waals surface area contributed by atoms with Crippen molar-refractivity contribution in [2.24, 2.45) is 29.1 Å². The molecular formula is C25H42O. The van der Waals surface area contributed by atoms with Gasteiger partial charge in [0.1, 0.15) is 0 Å². The fourth-order valence-electron chi connectivity index (χ4n) is 6.50. The number of hydrogen-bond donors (Lipinski definition) is 1. The molecule has 0 saturated heterocycles. The number of allylic oxidation sites excluding steroid dienone is 3. The lowest BCUT2D eigenvalue weighted by atomic mass is 9.60. The van der Waals surface area contributed by atoms with Crippen LogP contribution in [0.2, 0.25) is 0 Å². The van der Waals surface area contributed by atoms with E-state index in [0.29, 0.717) is 11.3 Å². The van der Waals surface area contributed by atoms with Crippen molar-refractivity contribution in [3.63, 3.8) is 0 Å². The van der Waals surface area contributed by atoms with Crippen LogP contribution in [0.3, 0.4) is 0 Å². The van der Waals surface area contributed by atoms with Crippen molar-refractivity contribution in [1.29, 1.82) is 0 Å². The molecule has 3 aliphatic rings. The molecule has 0 aliphatic heterocycles. The Kier molecular flexibility index (Phi) is 6.70. The summed E-state index contributed by atoms with van der Waals surface area (Å²) >= 11 is 0. The molecule has 1 N–H and O–H groups in total. The molecule has 0 heterocycles. The number of hydrogen-bond acceptors (Lipinski definition) is 1. The average molecular weight is 359 g/mol. The first-order valence-corrected chi connectivity index (χ1v) is 11.5. The summed E-state index contributed by atoms with van der Waals surface area (Å²) in [4.78, 5) is 0. The van der Waals surface area contributed by atoms with E-state index in [-0.39, 0.29) is 6.10 Å². The summed E-state index contributed by atoms with van der Waals surface area (Å²) in [7, 11) is 0. The molecule has 0 amide bonds. The van der Waals surface area contributed by atoms with Gasteiger partial charge in [-0.15, -0.1) is 0 Å². The summed E-state index contributed by atoms with van der Waals surface area (Å²) in [5.41, 5.74) is 3.74. The van der Waals surface area contributed by atoms with Gasteiger partial charge in [0.05, 0.1) is 6.10 Å². The summed E-state index contributed by atoms with van der Waals surface area (Å²) in [6.07, 6.45) is 19.1. The van der Waals surface area contributed by atoms with Gasteiger partial charge in [-0.3, -0.25) is 0 Å². The summed E-state index contributed by atoms with van der Waals surface area (Å²) in [6, 6.07) is 0. The minimum Gasteiger partial charge on any atom is -0.393 e. The molecule has 6 atom stereocenters. The highest BCUT2D eigenvalue weighted by Gasteiger charge is 2.50. The molecule has 0 radical (unpaired) electrons. The van der Waals surface area contributed by atoms with Gasteiger partial charge in [0.15, 0.2) is 0 Å². The molecule has 3 aliphatic carbocycles. The second kappa shape index (κ2) is 8.63. The largest absolute Gasteiger partial charge is 0.393 e. The number of aliphatic hydroxyl groups is 1. The Hall–Kier alpha value is -0.560. The highest BCUT2D eigenvalue weighted by Crippen LogP contribution is 2.59. The lowest BCUT2D eigenvalue weighted by Gasteiger charge is -2.44. The molecule has 0 aromatic carbocycles. The van der Waals surface area contributed by atoms with Gasteiger partial charge in [-0.2, -0.15) is 0 Å². The lowest BCUT2D eigenvalue weighted by Crippen LogP contribution is -2.36. The van der Waals surface area contributed by atoms with Crippen LogP contribution in [0.4, 0.5) is 0 Å². The Morgan fingerprint density at radius 3 is 2.73 bits per heavy atom. The van der Waals surface area contributed by atoms with Gasteiger partial charge in [-0.05, 0) is 80.5 Å². The van der Waals surface area contributed by atoms with Crippen molar-refractivity contribution in [3.05, 3.63) is 23.3 Å². The number of fused-ring (bicyclic) bond motifs is 1. The Morgan fingerprint density at radius 1 is 1.19 bits per heavy atom. The second-order valence-corrected chi connectivity index (χ2v) is 10.1. The molecular weight excluding hydrogens is 316 g/mol. The van der Waals surface area contributed by atoms with Crippen LogP contribution in [-0.4, -0.2) is 11.2 Å². The molecule has 1 heteroatoms. The molecule has 3 rings (SSSR count). The number of unbranched alkanes of at least 4 members (excludes halogenated alkanes) is 1. The summed E-state index contributed by atoms with van der Waals surface area (Å²) in [5.74, 6) is 3.10. The molecule has 2 unspecified atom stereocenters. The first-order chi connectivity index (χ1) is 12.5. The van der Waals surface area contributed by atoms with E-state index in [1.54, 1.807) is 5.57 Å². The van der Waals surface area contributed by atoms with Crippen LogP contribution in [0.5, 0.6) is 0 Å². The SMILES string of the molecule is CCCC[C@H](C)C1CCC2/C(=C/C=C3/CC[C@H](C)[C@H](O)C3)CCC[C@@]21C. The molecule has 148 valence electrons. The number of rotatable bonds is 5. The van der Waals surface area contributed by atoms with E-state index in [1.807, 2.05) is 0 Å². The fourth-order valence-corrected chi connectivity index (χ4v) is 6.50. The third-order valence-corrected chi connectivity index (χ3v) is 8.32. The van der Waals surface area contributed by atoms with Gasteiger partial charge in [0.25, 0.3) is 0 Å². The monoisotopic (exact) mass is 358 g/mol. The van der Waals surface area contributed by atoms with Gasteiger partial charge in [0, 0.05) is 0 Å². The van der Waals surface area contributed by atoms with Crippen LogP contribution >= 0.6 is 0 Å². The van der Waals surface area contributed by atoms with Crippen LogP contribution in [0.15, 0.2) is 23.3 Å². The average Bonchev–Trinajstić information content (AvgIpc) is 2.98. The maximum atomic E-state index is 10.2. The van der Waals surface area contributed by atoms with Crippen molar-refractivity contribution in [1.82, 2.24) is 0 Å². The lowest BCUT2D eigenvalue weighted by molar-refractivity contribution is 0.0932. The van der Waals surface area contributed by atoms with E-state index in [0.717, 1.165) is 30.6 Å². The summed E-state index contributed by atoms with van der Waals surface area (Å²) in [6.45, 7) is 9.65.